The number of nitrogens with zero attached hydrogens (tertiary/aromatic N) is 1. The summed E-state index contributed by atoms with van der Waals surface area (Å²) in [5.41, 5.74) is 0.574. The summed E-state index contributed by atoms with van der Waals surface area (Å²) in [6.45, 7) is 2.02. The number of hydrogen-bond acceptors (Lipinski definition) is 4. The molecule has 2 rings (SSSR count). The molecule has 1 atom stereocenters. The molecule has 0 bridgehead atoms. The van der Waals surface area contributed by atoms with E-state index in [1.165, 1.54) is 6.08 Å². The summed E-state index contributed by atoms with van der Waals surface area (Å²) in [6, 6.07) is 4.14. The summed E-state index contributed by atoms with van der Waals surface area (Å²) in [4.78, 5) is 10.7. The lowest BCUT2D eigenvalue weighted by molar-refractivity contribution is -0.515. The van der Waals surface area contributed by atoms with Crippen molar-refractivity contribution in [3.63, 3.8) is 0 Å². The molecule has 0 spiro atoms. The molecule has 94 valence electrons. The second kappa shape index (κ2) is 5.35. The molecule has 0 aromatic heterocycles. The van der Waals surface area contributed by atoms with Crippen molar-refractivity contribution in [2.24, 2.45) is 0 Å². The van der Waals surface area contributed by atoms with E-state index in [4.69, 9.17) is 9.47 Å². The van der Waals surface area contributed by atoms with Crippen molar-refractivity contribution in [2.75, 3.05) is 6.79 Å². The number of benzene rings is 1. The average Bonchev–Trinajstić information content (AvgIpc) is 2.81. The van der Waals surface area contributed by atoms with Gasteiger partial charge in [0.25, 0.3) is 6.04 Å². The van der Waals surface area contributed by atoms with E-state index >= 15 is 0 Å². The lowest BCUT2D eigenvalue weighted by Gasteiger charge is -2.05. The van der Waals surface area contributed by atoms with E-state index in [9.17, 15) is 10.1 Å². The zero-order valence-corrected chi connectivity index (χ0v) is 9.91. The second-order valence-electron chi connectivity index (χ2n) is 3.75. The first-order valence-electron chi connectivity index (χ1n) is 5.55. The van der Waals surface area contributed by atoms with Crippen LogP contribution in [0.3, 0.4) is 0 Å². The monoisotopic (exact) mass is 247 g/mol. The van der Waals surface area contributed by atoms with Crippen molar-refractivity contribution in [1.29, 1.82) is 0 Å². The van der Waals surface area contributed by atoms with Gasteiger partial charge in [-0.15, -0.1) is 0 Å². The van der Waals surface area contributed by atoms with Crippen LogP contribution in [-0.2, 0) is 0 Å². The highest BCUT2D eigenvalue weighted by atomic mass is 16.7. The Morgan fingerprint density at radius 3 is 2.83 bits per heavy atom. The van der Waals surface area contributed by atoms with Crippen LogP contribution in [-0.4, -0.2) is 11.7 Å². The Balaban J connectivity index is 2.28. The van der Waals surface area contributed by atoms with E-state index in [-0.39, 0.29) is 11.7 Å². The molecule has 1 aromatic rings. The van der Waals surface area contributed by atoms with Gasteiger partial charge >= 0.3 is 0 Å². The van der Waals surface area contributed by atoms with E-state index in [1.807, 2.05) is 13.0 Å². The fraction of sp³-hybridized carbons (Fsp3) is 0.231. The van der Waals surface area contributed by atoms with E-state index in [0.717, 1.165) is 0 Å². The molecule has 5 heteroatoms. The van der Waals surface area contributed by atoms with E-state index < -0.39 is 6.04 Å². The average molecular weight is 247 g/mol. The van der Waals surface area contributed by atoms with Gasteiger partial charge in [0, 0.05) is 10.5 Å². The van der Waals surface area contributed by atoms with Gasteiger partial charge in [-0.05, 0) is 31.2 Å². The maximum absolute atomic E-state index is 11.1. The standard InChI is InChI=1S/C13H13NO4/c1-2-3-4-5-11(14(15)16)10-6-7-12-13(8-10)18-9-17-12/h2-8,11H,9H2,1H3. The largest absolute Gasteiger partial charge is 0.454 e. The minimum Gasteiger partial charge on any atom is -0.454 e. The number of rotatable bonds is 4. The molecule has 0 radical (unpaired) electrons. The summed E-state index contributed by atoms with van der Waals surface area (Å²) < 4.78 is 10.4. The molecule has 1 heterocycles. The first kappa shape index (κ1) is 12.2. The molecule has 1 aromatic carbocycles. The normalized spacial score (nSPS) is 15.4. The molecule has 0 saturated carbocycles. The van der Waals surface area contributed by atoms with Crippen molar-refractivity contribution >= 4 is 0 Å². The second-order valence-corrected chi connectivity index (χ2v) is 3.75. The fourth-order valence-corrected chi connectivity index (χ4v) is 1.68. The van der Waals surface area contributed by atoms with E-state index in [2.05, 4.69) is 0 Å². The Bertz CT molecular complexity index is 508. The molecule has 18 heavy (non-hydrogen) atoms. The van der Waals surface area contributed by atoms with Crippen LogP contribution in [0, 0.1) is 10.1 Å². The summed E-state index contributed by atoms with van der Waals surface area (Å²) in [6.07, 6.45) is 6.77. The van der Waals surface area contributed by atoms with Crippen molar-refractivity contribution in [2.45, 2.75) is 13.0 Å². The maximum Gasteiger partial charge on any atom is 0.256 e. The van der Waals surface area contributed by atoms with Gasteiger partial charge in [0.15, 0.2) is 11.5 Å². The van der Waals surface area contributed by atoms with Crippen LogP contribution in [0.5, 0.6) is 11.5 Å². The van der Waals surface area contributed by atoms with E-state index in [0.29, 0.717) is 17.1 Å². The highest BCUT2D eigenvalue weighted by Gasteiger charge is 2.22. The van der Waals surface area contributed by atoms with Crippen molar-refractivity contribution in [3.05, 3.63) is 58.2 Å². The van der Waals surface area contributed by atoms with Gasteiger partial charge in [0.05, 0.1) is 0 Å². The van der Waals surface area contributed by atoms with Crippen molar-refractivity contribution in [3.8, 4) is 11.5 Å². The number of hydrogen-bond donors (Lipinski definition) is 0. The SMILES string of the molecule is CC=CC=CC(c1ccc2c(c1)OCO2)[N+](=O)[O-]. The Kier molecular flexibility index (Phi) is 3.62. The zero-order chi connectivity index (χ0) is 13.0. The van der Waals surface area contributed by atoms with Gasteiger partial charge in [0.2, 0.25) is 6.79 Å². The van der Waals surface area contributed by atoms with Crippen LogP contribution in [0.15, 0.2) is 42.5 Å². The quantitative estimate of drug-likeness (QED) is 0.466. The van der Waals surface area contributed by atoms with Gasteiger partial charge in [-0.3, -0.25) is 10.1 Å². The molecule has 0 N–H and O–H groups in total. The Hall–Kier alpha value is -2.30. The predicted octanol–water partition coefficient (Wildman–Crippen LogP) is 2.87. The number of fused-ring (bicyclic) bond motifs is 1. The molecule has 0 saturated heterocycles. The fourth-order valence-electron chi connectivity index (χ4n) is 1.68. The topological polar surface area (TPSA) is 61.6 Å². The lowest BCUT2D eigenvalue weighted by Crippen LogP contribution is -2.07. The van der Waals surface area contributed by atoms with Crippen LogP contribution in [0.2, 0.25) is 0 Å². The van der Waals surface area contributed by atoms with Crippen LogP contribution in [0.4, 0.5) is 0 Å². The molecule has 1 aliphatic heterocycles. The van der Waals surface area contributed by atoms with Crippen LogP contribution < -0.4 is 9.47 Å². The summed E-state index contributed by atoms with van der Waals surface area (Å²) in [5, 5.41) is 11.1. The first-order valence-corrected chi connectivity index (χ1v) is 5.55. The highest BCUT2D eigenvalue weighted by Crippen LogP contribution is 2.35. The predicted molar refractivity (Wildman–Crippen MR) is 66.3 cm³/mol. The molecule has 5 nitrogen and oxygen atoms in total. The molecular formula is C13H13NO4. The number of ether oxygens (including phenoxy) is 2. The van der Waals surface area contributed by atoms with Gasteiger partial charge in [-0.2, -0.15) is 0 Å². The van der Waals surface area contributed by atoms with Gasteiger partial charge in [-0.25, -0.2) is 0 Å². The summed E-state index contributed by atoms with van der Waals surface area (Å²) in [5.74, 6) is 1.18. The molecule has 1 unspecified atom stereocenters. The molecular weight excluding hydrogens is 234 g/mol. The Morgan fingerprint density at radius 2 is 2.11 bits per heavy atom. The van der Waals surface area contributed by atoms with Gasteiger partial charge in [-0.1, -0.05) is 18.2 Å². The highest BCUT2D eigenvalue weighted by molar-refractivity contribution is 5.45. The van der Waals surface area contributed by atoms with Crippen molar-refractivity contribution < 1.29 is 14.4 Å². The number of nitro groups is 1. The minimum atomic E-state index is -0.879. The van der Waals surface area contributed by atoms with Gasteiger partial charge < -0.3 is 9.47 Å². The smallest absolute Gasteiger partial charge is 0.256 e. The third kappa shape index (κ3) is 2.51. The molecule has 0 aliphatic carbocycles. The molecule has 1 aliphatic rings. The van der Waals surface area contributed by atoms with Crippen LogP contribution in [0.25, 0.3) is 0 Å². The third-order valence-corrected chi connectivity index (χ3v) is 2.56. The lowest BCUT2D eigenvalue weighted by atomic mass is 10.1. The Morgan fingerprint density at radius 1 is 1.33 bits per heavy atom. The third-order valence-electron chi connectivity index (χ3n) is 2.56. The summed E-state index contributed by atoms with van der Waals surface area (Å²) >= 11 is 0. The molecule has 0 fully saturated rings. The maximum atomic E-state index is 11.1. The zero-order valence-electron chi connectivity index (χ0n) is 9.91. The van der Waals surface area contributed by atoms with Gasteiger partial charge in [0.1, 0.15) is 0 Å². The Labute approximate surface area is 104 Å². The van der Waals surface area contributed by atoms with E-state index in [1.54, 1.807) is 30.4 Å². The summed E-state index contributed by atoms with van der Waals surface area (Å²) in [7, 11) is 0. The minimum absolute atomic E-state index is 0.163. The van der Waals surface area contributed by atoms with Crippen LogP contribution in [0.1, 0.15) is 18.5 Å². The van der Waals surface area contributed by atoms with Crippen molar-refractivity contribution in [1.82, 2.24) is 0 Å². The van der Waals surface area contributed by atoms with Crippen LogP contribution >= 0.6 is 0 Å². The number of allylic oxidation sites excluding steroid dienone is 3. The first-order chi connectivity index (χ1) is 8.72. The molecule has 0 amide bonds.